The van der Waals surface area contributed by atoms with Gasteiger partial charge in [-0.1, -0.05) is 12.1 Å². The first-order valence-corrected chi connectivity index (χ1v) is 10.3. The Morgan fingerprint density at radius 3 is 2.96 bits per heavy atom. The van der Waals surface area contributed by atoms with Crippen LogP contribution in [0, 0.1) is 6.92 Å². The Bertz CT molecular complexity index is 832. The standard InChI is InChI=1S/C15H20N4O4S2/c1-10(14-17-9-23-18-14)8-16-15(20)12-4-3-7-19(12)25(21,22)13-6-5-11(2)24-13/h5-6,9-10,12H,3-4,7-8H2,1-2H3,(H,16,20). The second-order valence-electron chi connectivity index (χ2n) is 6.07. The molecule has 3 rings (SSSR count). The molecule has 0 aromatic carbocycles. The zero-order valence-corrected chi connectivity index (χ0v) is 15.6. The van der Waals surface area contributed by atoms with Gasteiger partial charge >= 0.3 is 0 Å². The van der Waals surface area contributed by atoms with Gasteiger partial charge in [-0.25, -0.2) is 8.42 Å². The monoisotopic (exact) mass is 384 g/mol. The number of amides is 1. The van der Waals surface area contributed by atoms with Crippen molar-refractivity contribution in [1.82, 2.24) is 19.8 Å². The molecule has 1 aliphatic rings. The van der Waals surface area contributed by atoms with E-state index in [0.717, 1.165) is 4.88 Å². The van der Waals surface area contributed by atoms with Gasteiger partial charge in [-0.3, -0.25) is 4.79 Å². The third-order valence-electron chi connectivity index (χ3n) is 4.19. The predicted molar refractivity (Wildman–Crippen MR) is 91.7 cm³/mol. The number of aryl methyl sites for hydroxylation is 1. The second-order valence-corrected chi connectivity index (χ2v) is 9.48. The van der Waals surface area contributed by atoms with Crippen molar-refractivity contribution in [2.45, 2.75) is 42.9 Å². The van der Waals surface area contributed by atoms with E-state index in [1.165, 1.54) is 22.0 Å². The molecule has 2 aromatic rings. The molecule has 10 heteroatoms. The molecular weight excluding hydrogens is 364 g/mol. The van der Waals surface area contributed by atoms with Crippen molar-refractivity contribution in [3.05, 3.63) is 29.2 Å². The number of aromatic nitrogens is 2. The fourth-order valence-corrected chi connectivity index (χ4v) is 5.88. The van der Waals surface area contributed by atoms with E-state index in [2.05, 4.69) is 15.5 Å². The summed E-state index contributed by atoms with van der Waals surface area (Å²) in [5.41, 5.74) is 0. The van der Waals surface area contributed by atoms with E-state index in [1.54, 1.807) is 12.1 Å². The Balaban J connectivity index is 1.67. The van der Waals surface area contributed by atoms with E-state index in [-0.39, 0.29) is 16.0 Å². The molecule has 1 N–H and O–H groups in total. The largest absolute Gasteiger partial charge is 0.354 e. The molecule has 2 unspecified atom stereocenters. The Hall–Kier alpha value is -1.78. The first-order chi connectivity index (χ1) is 11.9. The number of rotatable bonds is 6. The highest BCUT2D eigenvalue weighted by Crippen LogP contribution is 2.30. The lowest BCUT2D eigenvalue weighted by atomic mass is 10.1. The summed E-state index contributed by atoms with van der Waals surface area (Å²) in [4.78, 5) is 17.4. The van der Waals surface area contributed by atoms with Gasteiger partial charge in [0, 0.05) is 23.9 Å². The van der Waals surface area contributed by atoms with E-state index in [1.807, 2.05) is 13.8 Å². The van der Waals surface area contributed by atoms with Gasteiger partial charge in [-0.05, 0) is 31.9 Å². The smallest absolute Gasteiger partial charge is 0.253 e. The molecular formula is C15H20N4O4S2. The fourth-order valence-electron chi connectivity index (χ4n) is 2.81. The minimum absolute atomic E-state index is 0.117. The molecule has 1 amide bonds. The summed E-state index contributed by atoms with van der Waals surface area (Å²) in [6.45, 7) is 4.40. The lowest BCUT2D eigenvalue weighted by molar-refractivity contribution is -0.124. The van der Waals surface area contributed by atoms with E-state index in [9.17, 15) is 13.2 Å². The van der Waals surface area contributed by atoms with Gasteiger partial charge in [-0.2, -0.15) is 9.29 Å². The average Bonchev–Trinajstić information content (AvgIpc) is 3.31. The van der Waals surface area contributed by atoms with Crippen molar-refractivity contribution in [1.29, 1.82) is 0 Å². The highest BCUT2D eigenvalue weighted by atomic mass is 32.2. The third-order valence-corrected chi connectivity index (χ3v) is 7.56. The topological polar surface area (TPSA) is 105 Å². The summed E-state index contributed by atoms with van der Waals surface area (Å²) in [6.07, 6.45) is 2.43. The minimum Gasteiger partial charge on any atom is -0.354 e. The van der Waals surface area contributed by atoms with Crippen LogP contribution in [0.25, 0.3) is 0 Å². The van der Waals surface area contributed by atoms with E-state index >= 15 is 0 Å². The van der Waals surface area contributed by atoms with Crippen LogP contribution in [0.2, 0.25) is 0 Å². The van der Waals surface area contributed by atoms with E-state index in [0.29, 0.717) is 31.8 Å². The molecule has 1 fully saturated rings. The van der Waals surface area contributed by atoms with Crippen LogP contribution in [0.4, 0.5) is 0 Å². The molecule has 2 aromatic heterocycles. The van der Waals surface area contributed by atoms with Crippen LogP contribution in [0.1, 0.15) is 36.4 Å². The number of hydrogen-bond donors (Lipinski definition) is 1. The number of sulfonamides is 1. The highest BCUT2D eigenvalue weighted by molar-refractivity contribution is 7.91. The molecule has 2 atom stereocenters. The van der Waals surface area contributed by atoms with Crippen LogP contribution < -0.4 is 5.32 Å². The SMILES string of the molecule is Cc1ccc(S(=O)(=O)N2CCCC2C(=O)NCC(C)c2ncon2)s1. The van der Waals surface area contributed by atoms with Gasteiger partial charge in [-0.15, -0.1) is 11.3 Å². The molecule has 0 bridgehead atoms. The number of thiophene rings is 1. The van der Waals surface area contributed by atoms with Gasteiger partial charge < -0.3 is 9.84 Å². The number of nitrogens with one attached hydrogen (secondary N) is 1. The van der Waals surface area contributed by atoms with E-state index in [4.69, 9.17) is 4.52 Å². The van der Waals surface area contributed by atoms with Crippen LogP contribution in [-0.2, 0) is 14.8 Å². The van der Waals surface area contributed by atoms with Gasteiger partial charge in [0.25, 0.3) is 10.0 Å². The number of carbonyl (C=O) groups excluding carboxylic acids is 1. The van der Waals surface area contributed by atoms with Crippen molar-refractivity contribution in [3.63, 3.8) is 0 Å². The number of hydrogen-bond acceptors (Lipinski definition) is 7. The first-order valence-electron chi connectivity index (χ1n) is 8.02. The summed E-state index contributed by atoms with van der Waals surface area (Å²) in [5, 5.41) is 6.55. The molecule has 1 aliphatic heterocycles. The molecule has 0 spiro atoms. The maximum absolute atomic E-state index is 12.8. The van der Waals surface area contributed by atoms with Crippen molar-refractivity contribution in [3.8, 4) is 0 Å². The van der Waals surface area contributed by atoms with E-state index < -0.39 is 16.1 Å². The molecule has 1 saturated heterocycles. The fraction of sp³-hybridized carbons (Fsp3) is 0.533. The zero-order chi connectivity index (χ0) is 18.0. The third kappa shape index (κ3) is 3.75. The molecule has 8 nitrogen and oxygen atoms in total. The van der Waals surface area contributed by atoms with Gasteiger partial charge in [0.1, 0.15) is 10.3 Å². The van der Waals surface area contributed by atoms with Crippen molar-refractivity contribution in [2.75, 3.05) is 13.1 Å². The maximum Gasteiger partial charge on any atom is 0.253 e. The van der Waals surface area contributed by atoms with Crippen LogP contribution in [0.3, 0.4) is 0 Å². The molecule has 25 heavy (non-hydrogen) atoms. The summed E-state index contributed by atoms with van der Waals surface area (Å²) >= 11 is 1.22. The summed E-state index contributed by atoms with van der Waals surface area (Å²) in [7, 11) is -3.64. The van der Waals surface area contributed by atoms with Gasteiger partial charge in [0.15, 0.2) is 5.82 Å². The first kappa shape index (κ1) is 18.0. The van der Waals surface area contributed by atoms with Crippen molar-refractivity contribution in [2.24, 2.45) is 0 Å². The number of nitrogens with zero attached hydrogens (tertiary/aromatic N) is 3. The lowest BCUT2D eigenvalue weighted by Gasteiger charge is -2.23. The van der Waals surface area contributed by atoms with Crippen LogP contribution >= 0.6 is 11.3 Å². The van der Waals surface area contributed by atoms with Gasteiger partial charge in [0.2, 0.25) is 12.3 Å². The van der Waals surface area contributed by atoms with Crippen molar-refractivity contribution < 1.29 is 17.7 Å². The summed E-state index contributed by atoms with van der Waals surface area (Å²) in [5.74, 6) is 0.101. The Kier molecular flexibility index (Phi) is 5.21. The normalized spacial score (nSPS) is 19.8. The lowest BCUT2D eigenvalue weighted by Crippen LogP contribution is -2.46. The maximum atomic E-state index is 12.8. The predicted octanol–water partition coefficient (Wildman–Crippen LogP) is 1.51. The van der Waals surface area contributed by atoms with Gasteiger partial charge in [0.05, 0.1) is 0 Å². The Labute approximate surface area is 150 Å². The molecule has 3 heterocycles. The van der Waals surface area contributed by atoms with Crippen molar-refractivity contribution >= 4 is 27.3 Å². The Morgan fingerprint density at radius 1 is 1.52 bits per heavy atom. The highest BCUT2D eigenvalue weighted by Gasteiger charge is 2.40. The quantitative estimate of drug-likeness (QED) is 0.809. The van der Waals surface area contributed by atoms with Crippen LogP contribution in [0.15, 0.2) is 27.3 Å². The molecule has 0 aliphatic carbocycles. The molecule has 0 saturated carbocycles. The summed E-state index contributed by atoms with van der Waals surface area (Å²) < 4.78 is 31.9. The average molecular weight is 384 g/mol. The Morgan fingerprint density at radius 2 is 2.32 bits per heavy atom. The van der Waals surface area contributed by atoms with Crippen LogP contribution in [-0.4, -0.2) is 47.9 Å². The zero-order valence-electron chi connectivity index (χ0n) is 14.0. The van der Waals surface area contributed by atoms with Crippen LogP contribution in [0.5, 0.6) is 0 Å². The summed E-state index contributed by atoms with van der Waals surface area (Å²) in [6, 6.07) is 2.70. The molecule has 0 radical (unpaired) electrons. The number of carbonyl (C=O) groups is 1. The molecule has 136 valence electrons. The second kappa shape index (κ2) is 7.22. The minimum atomic E-state index is -3.64.